The molecule has 0 aliphatic heterocycles. The van der Waals surface area contributed by atoms with E-state index in [1.807, 2.05) is 6.07 Å². The molecule has 3 aliphatic rings. The summed E-state index contributed by atoms with van der Waals surface area (Å²) in [5.41, 5.74) is 3.66. The van der Waals surface area contributed by atoms with Crippen molar-refractivity contribution in [2.24, 2.45) is 10.8 Å². The highest BCUT2D eigenvalue weighted by Gasteiger charge is 2.78. The van der Waals surface area contributed by atoms with E-state index in [1.165, 1.54) is 5.69 Å². The number of nitrogens with zero attached hydrogens (tertiary/aromatic N) is 3. The zero-order chi connectivity index (χ0) is 18.3. The minimum atomic E-state index is -0.271. The van der Waals surface area contributed by atoms with E-state index in [9.17, 15) is 10.4 Å². The molecule has 1 saturated carbocycles. The van der Waals surface area contributed by atoms with Crippen LogP contribution in [0.5, 0.6) is 0 Å². The van der Waals surface area contributed by atoms with Gasteiger partial charge in [-0.05, 0) is 50.2 Å². The number of aryl methyl sites for hydroxylation is 1. The summed E-state index contributed by atoms with van der Waals surface area (Å²) in [5, 5.41) is 20.3. The second-order valence-corrected chi connectivity index (χ2v) is 8.66. The van der Waals surface area contributed by atoms with E-state index in [2.05, 4.69) is 55.7 Å². The maximum absolute atomic E-state index is 10.7. The van der Waals surface area contributed by atoms with Gasteiger partial charge in [0, 0.05) is 22.2 Å². The fourth-order valence-electron chi connectivity index (χ4n) is 6.16. The van der Waals surface area contributed by atoms with Crippen LogP contribution in [0, 0.1) is 29.1 Å². The molecule has 26 heavy (non-hydrogen) atoms. The molecule has 1 fully saturated rings. The second-order valence-electron chi connectivity index (χ2n) is 8.66. The van der Waals surface area contributed by atoms with Crippen molar-refractivity contribution in [1.29, 1.82) is 5.26 Å². The molecule has 5 rings (SSSR count). The molecule has 132 valence electrons. The highest BCUT2D eigenvalue weighted by molar-refractivity contribution is 5.52. The predicted molar refractivity (Wildman–Crippen MR) is 99.0 cm³/mol. The minimum absolute atomic E-state index is 0.0275. The molecular weight excluding hydrogens is 322 g/mol. The van der Waals surface area contributed by atoms with Gasteiger partial charge < -0.3 is 9.67 Å². The molecular formula is C22H23N3O. The molecule has 1 unspecified atom stereocenters. The highest BCUT2D eigenvalue weighted by Crippen LogP contribution is 2.81. The standard InChI is InChI=1S/C22H23N3O/c1-14-24-18-17(25(14)16-7-5-4-6-8-16)9-10-22-13-21(22,3)19(26)15(12-23)11-20(18,22)2/h4-8,26H,9-11,13H2,1-3H3/t20-,21?,22+/m1/s1. The molecule has 1 aromatic carbocycles. The Morgan fingerprint density at radius 3 is 2.62 bits per heavy atom. The van der Waals surface area contributed by atoms with Crippen LogP contribution in [0.4, 0.5) is 0 Å². The van der Waals surface area contributed by atoms with Gasteiger partial charge in [0.2, 0.25) is 0 Å². The third kappa shape index (κ3) is 1.54. The van der Waals surface area contributed by atoms with E-state index in [0.29, 0.717) is 17.8 Å². The van der Waals surface area contributed by atoms with Gasteiger partial charge in [0.25, 0.3) is 0 Å². The van der Waals surface area contributed by atoms with Crippen molar-refractivity contribution >= 4 is 0 Å². The lowest BCUT2D eigenvalue weighted by Crippen LogP contribution is -2.45. The van der Waals surface area contributed by atoms with Gasteiger partial charge in [0.15, 0.2) is 0 Å². The normalized spacial score (nSPS) is 34.5. The average Bonchev–Trinajstić information content (AvgIpc) is 3.13. The van der Waals surface area contributed by atoms with Gasteiger partial charge in [-0.2, -0.15) is 5.26 Å². The van der Waals surface area contributed by atoms with Crippen LogP contribution >= 0.6 is 0 Å². The third-order valence-corrected chi connectivity index (χ3v) is 7.58. The molecule has 3 aliphatic carbocycles. The highest BCUT2D eigenvalue weighted by atomic mass is 16.3. The lowest BCUT2D eigenvalue weighted by Gasteiger charge is -2.47. The Morgan fingerprint density at radius 2 is 1.92 bits per heavy atom. The van der Waals surface area contributed by atoms with Crippen LogP contribution in [0.3, 0.4) is 0 Å². The Kier molecular flexibility index (Phi) is 2.77. The quantitative estimate of drug-likeness (QED) is 0.826. The van der Waals surface area contributed by atoms with Crippen molar-refractivity contribution in [3.63, 3.8) is 0 Å². The maximum Gasteiger partial charge on any atom is 0.112 e. The fraction of sp³-hybridized carbons (Fsp3) is 0.455. The van der Waals surface area contributed by atoms with Crippen LogP contribution in [-0.4, -0.2) is 14.7 Å². The molecule has 1 aromatic heterocycles. The lowest BCUT2D eigenvalue weighted by atomic mass is 9.56. The van der Waals surface area contributed by atoms with Gasteiger partial charge in [0.05, 0.1) is 17.3 Å². The molecule has 1 heterocycles. The van der Waals surface area contributed by atoms with Crippen molar-refractivity contribution in [2.75, 3.05) is 0 Å². The van der Waals surface area contributed by atoms with Crippen LogP contribution in [0.1, 0.15) is 50.3 Å². The molecule has 0 bridgehead atoms. The smallest absolute Gasteiger partial charge is 0.112 e. The monoisotopic (exact) mass is 345 g/mol. The number of aromatic nitrogens is 2. The van der Waals surface area contributed by atoms with E-state index in [-0.39, 0.29) is 16.2 Å². The van der Waals surface area contributed by atoms with Crippen molar-refractivity contribution < 1.29 is 5.11 Å². The Morgan fingerprint density at radius 1 is 1.19 bits per heavy atom. The summed E-state index contributed by atoms with van der Waals surface area (Å²) in [5.74, 6) is 1.33. The van der Waals surface area contributed by atoms with E-state index in [1.54, 1.807) is 0 Å². The number of imidazole rings is 1. The molecule has 2 aromatic rings. The summed E-state index contributed by atoms with van der Waals surface area (Å²) in [4.78, 5) is 5.03. The van der Waals surface area contributed by atoms with Crippen LogP contribution in [0.15, 0.2) is 41.7 Å². The van der Waals surface area contributed by atoms with E-state index in [4.69, 9.17) is 4.98 Å². The van der Waals surface area contributed by atoms with Gasteiger partial charge >= 0.3 is 0 Å². The SMILES string of the molecule is Cc1nc2c(n1-c1ccccc1)CC[C@@]13CC1(C)C(O)=C(C#N)C[C@]23C. The largest absolute Gasteiger partial charge is 0.511 e. The summed E-state index contributed by atoms with van der Waals surface area (Å²) < 4.78 is 2.28. The number of benzene rings is 1. The zero-order valence-electron chi connectivity index (χ0n) is 15.5. The summed E-state index contributed by atoms with van der Waals surface area (Å²) >= 11 is 0. The molecule has 1 N–H and O–H groups in total. The topological polar surface area (TPSA) is 61.8 Å². The maximum atomic E-state index is 10.7. The summed E-state index contributed by atoms with van der Waals surface area (Å²) in [6.07, 6.45) is 3.53. The van der Waals surface area contributed by atoms with Crippen LogP contribution in [0.25, 0.3) is 5.69 Å². The Hall–Kier alpha value is -2.54. The van der Waals surface area contributed by atoms with Crippen LogP contribution in [-0.2, 0) is 11.8 Å². The molecule has 3 atom stereocenters. The van der Waals surface area contributed by atoms with Crippen LogP contribution in [0.2, 0.25) is 0 Å². The number of nitriles is 1. The van der Waals surface area contributed by atoms with Gasteiger partial charge in [0.1, 0.15) is 11.6 Å². The fourth-order valence-corrected chi connectivity index (χ4v) is 6.16. The van der Waals surface area contributed by atoms with Gasteiger partial charge in [-0.25, -0.2) is 4.98 Å². The Bertz CT molecular complexity index is 1010. The molecule has 0 saturated heterocycles. The number of fused-ring (bicyclic) bond motifs is 2. The van der Waals surface area contributed by atoms with Gasteiger partial charge in [-0.3, -0.25) is 0 Å². The second kappa shape index (κ2) is 4.59. The number of allylic oxidation sites excluding steroid dienone is 2. The van der Waals surface area contributed by atoms with Crippen molar-refractivity contribution in [1.82, 2.24) is 9.55 Å². The first-order valence-corrected chi connectivity index (χ1v) is 9.35. The Balaban J connectivity index is 1.74. The minimum Gasteiger partial charge on any atom is -0.511 e. The summed E-state index contributed by atoms with van der Waals surface area (Å²) in [6, 6.07) is 12.7. The molecule has 0 radical (unpaired) electrons. The number of hydrogen-bond donors (Lipinski definition) is 1. The number of hydrogen-bond acceptors (Lipinski definition) is 3. The average molecular weight is 345 g/mol. The van der Waals surface area contributed by atoms with Crippen molar-refractivity contribution in [3.05, 3.63) is 58.9 Å². The molecule has 4 nitrogen and oxygen atoms in total. The van der Waals surface area contributed by atoms with Gasteiger partial charge in [-0.1, -0.05) is 32.0 Å². The summed E-state index contributed by atoms with van der Waals surface area (Å²) in [7, 11) is 0. The third-order valence-electron chi connectivity index (χ3n) is 7.58. The Labute approximate surface area is 153 Å². The first-order chi connectivity index (χ1) is 12.4. The first-order valence-electron chi connectivity index (χ1n) is 9.35. The zero-order valence-corrected chi connectivity index (χ0v) is 15.5. The van der Waals surface area contributed by atoms with Gasteiger partial charge in [-0.15, -0.1) is 0 Å². The summed E-state index contributed by atoms with van der Waals surface area (Å²) in [6.45, 7) is 6.46. The van der Waals surface area contributed by atoms with E-state index in [0.717, 1.165) is 36.5 Å². The van der Waals surface area contributed by atoms with Crippen molar-refractivity contribution in [3.8, 4) is 11.8 Å². The number of para-hydroxylation sites is 1. The number of aliphatic hydroxyl groups excluding tert-OH is 1. The molecule has 1 spiro atoms. The molecule has 4 heteroatoms. The van der Waals surface area contributed by atoms with E-state index < -0.39 is 0 Å². The number of rotatable bonds is 1. The van der Waals surface area contributed by atoms with Crippen molar-refractivity contribution in [2.45, 2.75) is 51.9 Å². The number of aliphatic hydroxyl groups is 1. The lowest BCUT2D eigenvalue weighted by molar-refractivity contribution is 0.130. The molecule has 0 amide bonds. The first kappa shape index (κ1) is 15.7. The predicted octanol–water partition coefficient (Wildman–Crippen LogP) is 4.52. The van der Waals surface area contributed by atoms with Crippen LogP contribution < -0.4 is 0 Å². The van der Waals surface area contributed by atoms with E-state index >= 15 is 0 Å².